The first-order chi connectivity index (χ1) is 17.3. The molecule has 0 saturated heterocycles. The Labute approximate surface area is 203 Å². The number of H-pyrrole nitrogens is 1. The van der Waals surface area contributed by atoms with Crippen molar-refractivity contribution in [3.63, 3.8) is 0 Å². The Morgan fingerprint density at radius 3 is 2.61 bits per heavy atom. The molecule has 186 valence electrons. The highest BCUT2D eigenvalue weighted by Crippen LogP contribution is 2.25. The third-order valence-corrected chi connectivity index (χ3v) is 5.59. The molecule has 36 heavy (non-hydrogen) atoms. The van der Waals surface area contributed by atoms with E-state index in [0.29, 0.717) is 0 Å². The highest BCUT2D eigenvalue weighted by atomic mass is 19.1. The number of nitrogens with two attached hydrogens (primary N) is 1. The van der Waals surface area contributed by atoms with Gasteiger partial charge in [0, 0.05) is 25.5 Å². The molecule has 2 aromatic heterocycles. The number of anilines is 2. The molecule has 0 aliphatic heterocycles. The monoisotopic (exact) mass is 495 g/mol. The molecule has 11 heteroatoms. The van der Waals surface area contributed by atoms with E-state index >= 15 is 0 Å². The predicted octanol–water partition coefficient (Wildman–Crippen LogP) is 3.09. The summed E-state index contributed by atoms with van der Waals surface area (Å²) in [7, 11) is 0. The smallest absolute Gasteiger partial charge is 0.330 e. The molecule has 3 N–H and O–H groups in total. The molecule has 0 spiro atoms. The van der Waals surface area contributed by atoms with Crippen molar-refractivity contribution < 1.29 is 18.0 Å². The summed E-state index contributed by atoms with van der Waals surface area (Å²) < 4.78 is 33.9. The molecule has 0 fully saturated rings. The van der Waals surface area contributed by atoms with Gasteiger partial charge in [0.2, 0.25) is 5.91 Å². The minimum Gasteiger partial charge on any atom is -0.441 e. The van der Waals surface area contributed by atoms with Crippen LogP contribution in [0.4, 0.5) is 20.3 Å². The summed E-state index contributed by atoms with van der Waals surface area (Å²) in [6, 6.07) is 12.1. The zero-order valence-electron chi connectivity index (χ0n) is 19.3. The molecule has 0 atom stereocenters. The van der Waals surface area contributed by atoms with Crippen LogP contribution in [-0.2, 0) is 17.8 Å². The maximum Gasteiger partial charge on any atom is 0.330 e. The fraction of sp³-hybridized carbons (Fsp3) is 0.200. The van der Waals surface area contributed by atoms with Gasteiger partial charge in [0.15, 0.2) is 17.3 Å². The molecule has 0 radical (unpaired) electrons. The van der Waals surface area contributed by atoms with Crippen LogP contribution in [0.1, 0.15) is 24.8 Å². The van der Waals surface area contributed by atoms with Crippen molar-refractivity contribution in [2.45, 2.75) is 26.3 Å². The van der Waals surface area contributed by atoms with Crippen LogP contribution >= 0.6 is 0 Å². The van der Waals surface area contributed by atoms with Gasteiger partial charge in [-0.25, -0.2) is 18.6 Å². The average molecular weight is 495 g/mol. The lowest BCUT2D eigenvalue weighted by molar-refractivity contribution is -0.118. The van der Waals surface area contributed by atoms with Crippen molar-refractivity contribution in [3.05, 3.63) is 98.7 Å². The van der Waals surface area contributed by atoms with Gasteiger partial charge in [-0.3, -0.25) is 19.1 Å². The molecular weight excluding hydrogens is 472 g/mol. The Morgan fingerprint density at radius 1 is 1.17 bits per heavy atom. The van der Waals surface area contributed by atoms with Gasteiger partial charge in [-0.05, 0) is 24.6 Å². The van der Waals surface area contributed by atoms with Crippen molar-refractivity contribution in [2.24, 2.45) is 0 Å². The van der Waals surface area contributed by atoms with Crippen LogP contribution in [0.2, 0.25) is 0 Å². The molecule has 0 aliphatic rings. The van der Waals surface area contributed by atoms with E-state index in [1.54, 1.807) is 6.92 Å². The van der Waals surface area contributed by atoms with Gasteiger partial charge in [-0.1, -0.05) is 30.3 Å². The summed E-state index contributed by atoms with van der Waals surface area (Å²) in [5.74, 6) is -1.85. The number of nitrogens with zero attached hydrogens (tertiary/aromatic N) is 3. The van der Waals surface area contributed by atoms with E-state index < -0.39 is 28.8 Å². The minimum atomic E-state index is -0.800. The number of amides is 1. The van der Waals surface area contributed by atoms with Gasteiger partial charge in [-0.15, -0.1) is 0 Å². The molecule has 4 rings (SSSR count). The van der Waals surface area contributed by atoms with E-state index in [4.69, 9.17) is 10.2 Å². The molecule has 0 unspecified atom stereocenters. The van der Waals surface area contributed by atoms with Crippen molar-refractivity contribution in [2.75, 3.05) is 17.2 Å². The largest absolute Gasteiger partial charge is 0.441 e. The number of carbonyl (C=O) groups excluding carboxylic acids is 1. The molecule has 0 saturated carbocycles. The van der Waals surface area contributed by atoms with E-state index in [1.165, 1.54) is 21.7 Å². The summed E-state index contributed by atoms with van der Waals surface area (Å²) in [6.07, 6.45) is 1.24. The van der Waals surface area contributed by atoms with Crippen molar-refractivity contribution >= 4 is 17.4 Å². The number of benzene rings is 2. The van der Waals surface area contributed by atoms with Crippen molar-refractivity contribution in [1.82, 2.24) is 14.5 Å². The summed E-state index contributed by atoms with van der Waals surface area (Å²) in [5, 5.41) is 0. The van der Waals surface area contributed by atoms with E-state index in [9.17, 15) is 23.2 Å². The Bertz CT molecular complexity index is 1510. The Morgan fingerprint density at radius 2 is 1.92 bits per heavy atom. The summed E-state index contributed by atoms with van der Waals surface area (Å²) in [5.41, 5.74) is 5.44. The molecule has 0 aliphatic carbocycles. The van der Waals surface area contributed by atoms with Crippen molar-refractivity contribution in [1.29, 1.82) is 0 Å². The number of aryl methyl sites for hydroxylation is 1. The summed E-state index contributed by atoms with van der Waals surface area (Å²) in [6.45, 7) is 1.90. The second-order valence-corrected chi connectivity index (χ2v) is 7.95. The first-order valence-corrected chi connectivity index (χ1v) is 11.2. The summed E-state index contributed by atoms with van der Waals surface area (Å²) >= 11 is 0. The number of oxazole rings is 1. The van der Waals surface area contributed by atoms with Gasteiger partial charge in [-0.2, -0.15) is 0 Å². The highest BCUT2D eigenvalue weighted by molar-refractivity contribution is 5.95. The lowest BCUT2D eigenvalue weighted by atomic mass is 10.2. The van der Waals surface area contributed by atoms with Gasteiger partial charge in [0.25, 0.3) is 5.56 Å². The van der Waals surface area contributed by atoms with E-state index in [2.05, 4.69) is 9.97 Å². The lowest BCUT2D eigenvalue weighted by Crippen LogP contribution is -2.41. The lowest BCUT2D eigenvalue weighted by Gasteiger charge is -2.23. The third kappa shape index (κ3) is 5.09. The average Bonchev–Trinajstić information content (AvgIpc) is 3.32. The summed E-state index contributed by atoms with van der Waals surface area (Å²) in [4.78, 5) is 45.6. The SMILES string of the molecule is CCN(C(=O)CCc1ncc(-c2ccc(F)cc2F)o1)c1c(N)n(Cc2ccccc2)c(=O)[nH]c1=O. The zero-order chi connectivity index (χ0) is 25.8. The first-order valence-electron chi connectivity index (χ1n) is 11.2. The van der Waals surface area contributed by atoms with E-state index in [1.807, 2.05) is 30.3 Å². The molecule has 1 amide bonds. The van der Waals surface area contributed by atoms with Crippen molar-refractivity contribution in [3.8, 4) is 11.3 Å². The van der Waals surface area contributed by atoms with Crippen LogP contribution in [-0.4, -0.2) is 27.0 Å². The molecule has 2 aromatic carbocycles. The van der Waals surface area contributed by atoms with Gasteiger partial charge >= 0.3 is 5.69 Å². The van der Waals surface area contributed by atoms with Crippen LogP contribution < -0.4 is 21.9 Å². The van der Waals surface area contributed by atoms with E-state index in [-0.39, 0.29) is 54.7 Å². The molecule has 9 nitrogen and oxygen atoms in total. The number of nitrogens with one attached hydrogen (secondary N) is 1. The normalized spacial score (nSPS) is 11.0. The van der Waals surface area contributed by atoms with Gasteiger partial charge in [0.1, 0.15) is 17.5 Å². The minimum absolute atomic E-state index is 0.0386. The molecular formula is C25H23F2N5O4. The maximum atomic E-state index is 14.0. The van der Waals surface area contributed by atoms with Crippen LogP contribution in [0.25, 0.3) is 11.3 Å². The Hall–Kier alpha value is -4.54. The standard InChI is InChI=1S/C25H23F2N5O4/c1-2-31(22-23(28)32(25(35)30-24(22)34)14-15-6-4-3-5-7-15)21(33)11-10-20-29-13-19(36-20)17-9-8-16(26)12-18(17)27/h3-9,12-13H,2,10-11,14,28H2,1H3,(H,30,34,35). The molecule has 0 bridgehead atoms. The fourth-order valence-electron chi connectivity index (χ4n) is 3.81. The first kappa shape index (κ1) is 24.6. The zero-order valence-corrected chi connectivity index (χ0v) is 19.3. The second-order valence-electron chi connectivity index (χ2n) is 7.95. The van der Waals surface area contributed by atoms with Crippen LogP contribution in [0.5, 0.6) is 0 Å². The quantitative estimate of drug-likeness (QED) is 0.387. The fourth-order valence-corrected chi connectivity index (χ4v) is 3.81. The van der Waals surface area contributed by atoms with Gasteiger partial charge < -0.3 is 15.1 Å². The van der Waals surface area contributed by atoms with Crippen LogP contribution in [0.15, 0.2) is 68.7 Å². The molecule has 2 heterocycles. The third-order valence-electron chi connectivity index (χ3n) is 5.59. The number of hydrogen-bond donors (Lipinski definition) is 2. The van der Waals surface area contributed by atoms with Crippen LogP contribution in [0, 0.1) is 11.6 Å². The maximum absolute atomic E-state index is 14.0. The van der Waals surface area contributed by atoms with Gasteiger partial charge in [0.05, 0.1) is 18.3 Å². The number of rotatable bonds is 8. The number of halogens is 2. The van der Waals surface area contributed by atoms with E-state index in [0.717, 1.165) is 17.7 Å². The number of hydrogen-bond acceptors (Lipinski definition) is 6. The number of aromatic nitrogens is 3. The highest BCUT2D eigenvalue weighted by Gasteiger charge is 2.23. The molecule has 4 aromatic rings. The number of nitrogen functional groups attached to an aromatic ring is 1. The Kier molecular flexibility index (Phi) is 7.09. The Balaban J connectivity index is 1.54. The van der Waals surface area contributed by atoms with Crippen LogP contribution in [0.3, 0.4) is 0 Å². The second kappa shape index (κ2) is 10.4. The predicted molar refractivity (Wildman–Crippen MR) is 129 cm³/mol. The number of aromatic amines is 1. The topological polar surface area (TPSA) is 127 Å². The number of carbonyl (C=O) groups is 1.